The highest BCUT2D eigenvalue weighted by atomic mass is 35.5. The first-order chi connectivity index (χ1) is 11.1. The highest BCUT2D eigenvalue weighted by Crippen LogP contribution is 2.43. The fourth-order valence-electron chi connectivity index (χ4n) is 2.74. The van der Waals surface area contributed by atoms with Crippen LogP contribution in [0, 0.1) is 22.7 Å². The Labute approximate surface area is 139 Å². The number of nitrogens with zero attached hydrogens (tertiary/aromatic N) is 5. The van der Waals surface area contributed by atoms with Gasteiger partial charge in [-0.3, -0.25) is 0 Å². The lowest BCUT2D eigenvalue weighted by Gasteiger charge is -2.22. The fourth-order valence-corrected chi connectivity index (χ4v) is 2.88. The van der Waals surface area contributed by atoms with E-state index in [2.05, 4.69) is 4.98 Å². The molecule has 0 bridgehead atoms. The van der Waals surface area contributed by atoms with E-state index in [1.165, 1.54) is 0 Å². The lowest BCUT2D eigenvalue weighted by atomic mass is 10.0. The third kappa shape index (κ3) is 2.28. The minimum atomic E-state index is 0.0520. The van der Waals surface area contributed by atoms with Gasteiger partial charge in [-0.2, -0.15) is 10.5 Å². The Morgan fingerprint density at radius 3 is 2.39 bits per heavy atom. The maximum Gasteiger partial charge on any atom is 0.158 e. The molecule has 0 saturated carbocycles. The van der Waals surface area contributed by atoms with E-state index in [9.17, 15) is 10.5 Å². The molecule has 3 rings (SSSR count). The van der Waals surface area contributed by atoms with Gasteiger partial charge in [-0.1, -0.05) is 29.8 Å². The summed E-state index contributed by atoms with van der Waals surface area (Å²) < 4.78 is 0. The highest BCUT2D eigenvalue weighted by molar-refractivity contribution is 6.29. The van der Waals surface area contributed by atoms with E-state index in [0.717, 1.165) is 16.9 Å². The zero-order valence-corrected chi connectivity index (χ0v) is 13.3. The van der Waals surface area contributed by atoms with Gasteiger partial charge >= 0.3 is 0 Å². The Hall–Kier alpha value is -3.02. The Kier molecular flexibility index (Phi) is 3.65. The minimum absolute atomic E-state index is 0.0520. The quantitative estimate of drug-likeness (QED) is 0.546. The molecular formula is C17H12ClN5. The van der Waals surface area contributed by atoms with Gasteiger partial charge in [0, 0.05) is 19.7 Å². The summed E-state index contributed by atoms with van der Waals surface area (Å²) in [6, 6.07) is 15.1. The second-order valence-corrected chi connectivity index (χ2v) is 5.45. The number of benzene rings is 1. The second kappa shape index (κ2) is 5.64. The molecule has 0 saturated heterocycles. The molecule has 0 radical (unpaired) electrons. The largest absolute Gasteiger partial charge is 0.339 e. The number of fused-ring (bicyclic) bond motifs is 2. The predicted octanol–water partition coefficient (Wildman–Crippen LogP) is 3.71. The van der Waals surface area contributed by atoms with Crippen LogP contribution >= 0.6 is 11.6 Å². The topological polar surface area (TPSA) is 67.0 Å². The molecule has 6 heteroatoms. The highest BCUT2D eigenvalue weighted by Gasteiger charge is 2.28. The van der Waals surface area contributed by atoms with Crippen molar-refractivity contribution in [1.29, 1.82) is 10.5 Å². The van der Waals surface area contributed by atoms with E-state index in [4.69, 9.17) is 11.6 Å². The summed E-state index contributed by atoms with van der Waals surface area (Å²) >= 11 is 6.05. The van der Waals surface area contributed by atoms with Crippen LogP contribution < -0.4 is 9.80 Å². The van der Waals surface area contributed by atoms with Crippen LogP contribution in [-0.2, 0) is 0 Å². The van der Waals surface area contributed by atoms with Crippen molar-refractivity contribution in [3.63, 3.8) is 0 Å². The number of halogens is 1. The number of hydrogen-bond acceptors (Lipinski definition) is 5. The predicted molar refractivity (Wildman–Crippen MR) is 90.3 cm³/mol. The molecule has 0 aliphatic carbocycles. The second-order valence-electron chi connectivity index (χ2n) is 5.06. The Bertz CT molecular complexity index is 888. The SMILES string of the molecule is CN1C(=C(C#N)C#N)c2ccccc2N(C)c2nc(Cl)ccc21. The van der Waals surface area contributed by atoms with E-state index in [0.29, 0.717) is 16.7 Å². The molecule has 0 atom stereocenters. The zero-order chi connectivity index (χ0) is 16.6. The van der Waals surface area contributed by atoms with Crippen LogP contribution in [0.15, 0.2) is 42.0 Å². The summed E-state index contributed by atoms with van der Waals surface area (Å²) in [4.78, 5) is 8.13. The standard InChI is InChI=1S/C17H12ClN5/c1-22-14-7-8-15(18)21-17(14)23(2)13-6-4-3-5-12(13)16(22)11(9-19)10-20/h3-8H,1-2H3. The van der Waals surface area contributed by atoms with Crippen LogP contribution in [-0.4, -0.2) is 19.1 Å². The maximum atomic E-state index is 9.36. The van der Waals surface area contributed by atoms with Gasteiger partial charge in [0.1, 0.15) is 17.3 Å². The molecule has 0 amide bonds. The Morgan fingerprint density at radius 1 is 1.00 bits per heavy atom. The van der Waals surface area contributed by atoms with E-state index in [1.54, 1.807) is 6.07 Å². The fraction of sp³-hybridized carbons (Fsp3) is 0.118. The molecule has 1 aliphatic heterocycles. The number of allylic oxidation sites excluding steroid dienone is 1. The summed E-state index contributed by atoms with van der Waals surface area (Å²) in [5.74, 6) is 0.665. The van der Waals surface area contributed by atoms with Crippen molar-refractivity contribution < 1.29 is 0 Å². The van der Waals surface area contributed by atoms with Crippen molar-refractivity contribution in [2.45, 2.75) is 0 Å². The number of rotatable bonds is 0. The molecule has 1 aromatic heterocycles. The van der Waals surface area contributed by atoms with Gasteiger partial charge in [-0.25, -0.2) is 4.98 Å². The lowest BCUT2D eigenvalue weighted by Crippen LogP contribution is -2.17. The van der Waals surface area contributed by atoms with Crippen molar-refractivity contribution in [2.24, 2.45) is 0 Å². The lowest BCUT2D eigenvalue weighted by molar-refractivity contribution is 1.12. The summed E-state index contributed by atoms with van der Waals surface area (Å²) in [6.45, 7) is 0. The summed E-state index contributed by atoms with van der Waals surface area (Å²) in [6.07, 6.45) is 0. The van der Waals surface area contributed by atoms with Crippen LogP contribution in [0.25, 0.3) is 5.70 Å². The molecular weight excluding hydrogens is 310 g/mol. The Morgan fingerprint density at radius 2 is 1.70 bits per heavy atom. The molecule has 5 nitrogen and oxygen atoms in total. The summed E-state index contributed by atoms with van der Waals surface area (Å²) in [5, 5.41) is 19.1. The van der Waals surface area contributed by atoms with Gasteiger partial charge in [-0.05, 0) is 18.2 Å². The van der Waals surface area contributed by atoms with Crippen molar-refractivity contribution in [2.75, 3.05) is 23.9 Å². The van der Waals surface area contributed by atoms with Crippen LogP contribution in [0.4, 0.5) is 17.2 Å². The van der Waals surface area contributed by atoms with Gasteiger partial charge in [0.2, 0.25) is 0 Å². The van der Waals surface area contributed by atoms with Crippen LogP contribution in [0.3, 0.4) is 0 Å². The van der Waals surface area contributed by atoms with Crippen molar-refractivity contribution in [3.05, 3.63) is 52.7 Å². The number of aromatic nitrogens is 1. The van der Waals surface area contributed by atoms with Gasteiger partial charge in [0.15, 0.2) is 11.4 Å². The number of anilines is 3. The van der Waals surface area contributed by atoms with Crippen molar-refractivity contribution in [3.8, 4) is 12.1 Å². The number of hydrogen-bond donors (Lipinski definition) is 0. The number of para-hydroxylation sites is 1. The number of pyridine rings is 1. The van der Waals surface area contributed by atoms with Crippen LogP contribution in [0.5, 0.6) is 0 Å². The van der Waals surface area contributed by atoms with Crippen LogP contribution in [0.1, 0.15) is 5.56 Å². The first kappa shape index (κ1) is 14.9. The molecule has 2 heterocycles. The summed E-state index contributed by atoms with van der Waals surface area (Å²) in [7, 11) is 3.70. The average Bonchev–Trinajstić information content (AvgIpc) is 2.66. The average molecular weight is 322 g/mol. The number of nitriles is 2. The molecule has 0 N–H and O–H groups in total. The van der Waals surface area contributed by atoms with Gasteiger partial charge < -0.3 is 9.80 Å². The monoisotopic (exact) mass is 321 g/mol. The molecule has 2 aromatic rings. The maximum absolute atomic E-state index is 9.36. The molecule has 112 valence electrons. The van der Waals surface area contributed by atoms with Gasteiger partial charge in [0.25, 0.3) is 0 Å². The Balaban J connectivity index is 2.44. The van der Waals surface area contributed by atoms with Crippen molar-refractivity contribution >= 4 is 34.5 Å². The third-order valence-corrected chi connectivity index (χ3v) is 4.03. The summed E-state index contributed by atoms with van der Waals surface area (Å²) in [5.41, 5.74) is 3.03. The third-order valence-electron chi connectivity index (χ3n) is 3.82. The van der Waals surface area contributed by atoms with Gasteiger partial charge in [-0.15, -0.1) is 0 Å². The first-order valence-electron chi connectivity index (χ1n) is 6.86. The zero-order valence-electron chi connectivity index (χ0n) is 12.6. The molecule has 1 aromatic carbocycles. The first-order valence-corrected chi connectivity index (χ1v) is 7.24. The smallest absolute Gasteiger partial charge is 0.158 e. The van der Waals surface area contributed by atoms with E-state index < -0.39 is 0 Å². The van der Waals surface area contributed by atoms with E-state index in [-0.39, 0.29) is 5.57 Å². The minimum Gasteiger partial charge on any atom is -0.339 e. The van der Waals surface area contributed by atoms with E-state index in [1.807, 2.05) is 66.4 Å². The molecule has 0 unspecified atom stereocenters. The molecule has 23 heavy (non-hydrogen) atoms. The van der Waals surface area contributed by atoms with Crippen LogP contribution in [0.2, 0.25) is 5.15 Å². The van der Waals surface area contributed by atoms with Crippen molar-refractivity contribution in [1.82, 2.24) is 4.98 Å². The molecule has 0 fully saturated rings. The van der Waals surface area contributed by atoms with Gasteiger partial charge in [0.05, 0.1) is 17.1 Å². The normalized spacial score (nSPS) is 12.7. The molecule has 1 aliphatic rings. The van der Waals surface area contributed by atoms with E-state index >= 15 is 0 Å². The molecule has 0 spiro atoms.